The van der Waals surface area contributed by atoms with Crippen molar-refractivity contribution in [3.05, 3.63) is 33.4 Å². The molecule has 1 saturated heterocycles. The van der Waals surface area contributed by atoms with E-state index >= 15 is 0 Å². The molecule has 7 nitrogen and oxygen atoms in total. The number of H-pyrrole nitrogens is 1. The van der Waals surface area contributed by atoms with Crippen molar-refractivity contribution in [1.82, 2.24) is 24.4 Å². The van der Waals surface area contributed by atoms with Gasteiger partial charge in [-0.2, -0.15) is 0 Å². The van der Waals surface area contributed by atoms with Crippen LogP contribution in [0.2, 0.25) is 0 Å². The Kier molecular flexibility index (Phi) is 5.17. The van der Waals surface area contributed by atoms with Crippen LogP contribution in [0.5, 0.6) is 0 Å². The summed E-state index contributed by atoms with van der Waals surface area (Å²) in [6, 6.07) is 2.44. The second kappa shape index (κ2) is 7.84. The Bertz CT molecular complexity index is 1000. The van der Waals surface area contributed by atoms with Crippen molar-refractivity contribution in [3.63, 3.8) is 0 Å². The Morgan fingerprint density at radius 2 is 1.93 bits per heavy atom. The number of likely N-dealkylation sites (tertiary alicyclic amines) is 1. The smallest absolute Gasteiger partial charge is 0.277 e. The lowest BCUT2D eigenvalue weighted by atomic mass is 9.88. The second-order valence-electron chi connectivity index (χ2n) is 9.59. The van der Waals surface area contributed by atoms with Crippen LogP contribution in [0, 0.1) is 5.92 Å². The molecule has 5 rings (SSSR count). The monoisotopic (exact) mass is 411 g/mol. The first-order chi connectivity index (χ1) is 14.5. The van der Waals surface area contributed by atoms with Crippen molar-refractivity contribution in [1.29, 1.82) is 0 Å². The van der Waals surface area contributed by atoms with Crippen molar-refractivity contribution >= 4 is 11.6 Å². The molecule has 4 heterocycles. The lowest BCUT2D eigenvalue weighted by Crippen LogP contribution is -2.40. The van der Waals surface area contributed by atoms with Gasteiger partial charge >= 0.3 is 0 Å². The molecule has 7 heteroatoms. The van der Waals surface area contributed by atoms with Crippen molar-refractivity contribution in [2.24, 2.45) is 5.92 Å². The predicted molar refractivity (Wildman–Crippen MR) is 115 cm³/mol. The third kappa shape index (κ3) is 3.37. The minimum absolute atomic E-state index is 0.00903. The molecule has 1 atom stereocenters. The van der Waals surface area contributed by atoms with Gasteiger partial charge < -0.3 is 4.90 Å². The number of rotatable bonds is 3. The van der Waals surface area contributed by atoms with E-state index in [4.69, 9.17) is 4.98 Å². The molecule has 162 valence electrons. The summed E-state index contributed by atoms with van der Waals surface area (Å²) in [4.78, 5) is 35.6. The van der Waals surface area contributed by atoms with Crippen LogP contribution in [-0.4, -0.2) is 49.4 Å². The van der Waals surface area contributed by atoms with Gasteiger partial charge in [-0.05, 0) is 39.5 Å². The van der Waals surface area contributed by atoms with Crippen LogP contribution >= 0.6 is 0 Å². The van der Waals surface area contributed by atoms with Gasteiger partial charge in [0.1, 0.15) is 0 Å². The molecule has 3 aliphatic rings. The topological polar surface area (TPSA) is 73.7 Å². The van der Waals surface area contributed by atoms with Crippen LogP contribution in [0.4, 0.5) is 0 Å². The van der Waals surface area contributed by atoms with E-state index in [1.165, 1.54) is 19.3 Å². The zero-order valence-electron chi connectivity index (χ0n) is 18.2. The molecule has 2 aliphatic heterocycles. The number of hydrogen-bond donors (Lipinski definition) is 1. The third-order valence-electron chi connectivity index (χ3n) is 7.39. The highest BCUT2D eigenvalue weighted by Gasteiger charge is 2.35. The molecule has 2 aromatic heterocycles. The standard InChI is InChI=1S/C23H33N5O2/c1-15(2)26-12-10-18-17(14-26)23(30)28-21(24-18)13-19(25-28)20-9-6-11-27(20)22(29)16-7-4-3-5-8-16/h13,15-16,20,25H,3-12,14H2,1-2H3. The highest BCUT2D eigenvalue weighted by molar-refractivity contribution is 5.79. The molecule has 30 heavy (non-hydrogen) atoms. The van der Waals surface area contributed by atoms with Crippen molar-refractivity contribution < 1.29 is 4.79 Å². The highest BCUT2D eigenvalue weighted by atomic mass is 16.2. The minimum atomic E-state index is 0.00903. The molecule has 2 aromatic rings. The van der Waals surface area contributed by atoms with Gasteiger partial charge in [0, 0.05) is 44.1 Å². The number of aromatic nitrogens is 3. The van der Waals surface area contributed by atoms with Crippen molar-refractivity contribution in [3.8, 4) is 0 Å². The zero-order chi connectivity index (χ0) is 20.8. The first kappa shape index (κ1) is 19.8. The first-order valence-corrected chi connectivity index (χ1v) is 11.7. The summed E-state index contributed by atoms with van der Waals surface area (Å²) < 4.78 is 1.60. The van der Waals surface area contributed by atoms with Gasteiger partial charge in [0.15, 0.2) is 5.65 Å². The Labute approximate surface area is 177 Å². The summed E-state index contributed by atoms with van der Waals surface area (Å²) in [5.41, 5.74) is 3.38. The average Bonchev–Trinajstić information content (AvgIpc) is 3.41. The number of amides is 1. The van der Waals surface area contributed by atoms with E-state index in [0.29, 0.717) is 24.1 Å². The number of fused-ring (bicyclic) bond motifs is 2. The summed E-state index contributed by atoms with van der Waals surface area (Å²) in [5, 5.41) is 3.32. The Hall–Kier alpha value is -2.15. The molecular formula is C23H33N5O2. The third-order valence-corrected chi connectivity index (χ3v) is 7.39. The number of carbonyl (C=O) groups excluding carboxylic acids is 1. The van der Waals surface area contributed by atoms with Gasteiger partial charge in [-0.25, -0.2) is 9.50 Å². The normalized spacial score (nSPS) is 23.4. The lowest BCUT2D eigenvalue weighted by Gasteiger charge is -2.30. The van der Waals surface area contributed by atoms with Gasteiger partial charge in [-0.3, -0.25) is 19.6 Å². The summed E-state index contributed by atoms with van der Waals surface area (Å²) in [6.45, 7) is 6.75. The summed E-state index contributed by atoms with van der Waals surface area (Å²) >= 11 is 0. The predicted octanol–water partition coefficient (Wildman–Crippen LogP) is 3.03. The fourth-order valence-corrected chi connectivity index (χ4v) is 5.57. The number of carbonyl (C=O) groups is 1. The molecule has 1 N–H and O–H groups in total. The Morgan fingerprint density at radius 1 is 1.13 bits per heavy atom. The number of hydrogen-bond acceptors (Lipinski definition) is 4. The first-order valence-electron chi connectivity index (χ1n) is 11.7. The van der Waals surface area contributed by atoms with Crippen LogP contribution in [0.25, 0.3) is 5.65 Å². The maximum atomic E-state index is 13.2. The molecule has 0 bridgehead atoms. The van der Waals surface area contributed by atoms with E-state index in [-0.39, 0.29) is 17.5 Å². The summed E-state index contributed by atoms with van der Waals surface area (Å²) in [6.07, 6.45) is 8.41. The summed E-state index contributed by atoms with van der Waals surface area (Å²) in [7, 11) is 0. The molecule has 0 spiro atoms. The van der Waals surface area contributed by atoms with Crippen LogP contribution in [-0.2, 0) is 17.8 Å². The number of nitrogens with zero attached hydrogens (tertiary/aromatic N) is 4. The van der Waals surface area contributed by atoms with E-state index in [0.717, 1.165) is 62.1 Å². The molecule has 1 saturated carbocycles. The second-order valence-corrected chi connectivity index (χ2v) is 9.59. The lowest BCUT2D eigenvalue weighted by molar-refractivity contribution is -0.137. The molecule has 0 radical (unpaired) electrons. The molecular weight excluding hydrogens is 378 g/mol. The average molecular weight is 412 g/mol. The fourth-order valence-electron chi connectivity index (χ4n) is 5.57. The Balaban J connectivity index is 1.45. The molecule has 1 aliphatic carbocycles. The molecule has 2 fully saturated rings. The van der Waals surface area contributed by atoms with Crippen LogP contribution < -0.4 is 5.56 Å². The van der Waals surface area contributed by atoms with E-state index < -0.39 is 0 Å². The fraction of sp³-hybridized carbons (Fsp3) is 0.696. The van der Waals surface area contributed by atoms with E-state index in [9.17, 15) is 9.59 Å². The zero-order valence-corrected chi connectivity index (χ0v) is 18.2. The number of aromatic amines is 1. The molecule has 1 amide bonds. The van der Waals surface area contributed by atoms with Crippen molar-refractivity contribution in [2.45, 2.75) is 83.8 Å². The van der Waals surface area contributed by atoms with Gasteiger partial charge in [0.2, 0.25) is 5.91 Å². The maximum Gasteiger partial charge on any atom is 0.277 e. The molecule has 0 aromatic carbocycles. The van der Waals surface area contributed by atoms with E-state index in [1.54, 1.807) is 4.52 Å². The maximum absolute atomic E-state index is 13.2. The molecule has 1 unspecified atom stereocenters. The van der Waals surface area contributed by atoms with Gasteiger partial charge in [0.05, 0.1) is 23.0 Å². The van der Waals surface area contributed by atoms with Gasteiger partial charge in [-0.15, -0.1) is 0 Å². The van der Waals surface area contributed by atoms with E-state index in [1.807, 2.05) is 6.07 Å². The van der Waals surface area contributed by atoms with Crippen LogP contribution in [0.3, 0.4) is 0 Å². The Morgan fingerprint density at radius 3 is 2.70 bits per heavy atom. The number of nitrogens with one attached hydrogen (secondary N) is 1. The van der Waals surface area contributed by atoms with Crippen molar-refractivity contribution in [2.75, 3.05) is 13.1 Å². The largest absolute Gasteiger partial charge is 0.334 e. The van der Waals surface area contributed by atoms with E-state index in [2.05, 4.69) is 28.7 Å². The van der Waals surface area contributed by atoms with Gasteiger partial charge in [-0.1, -0.05) is 19.3 Å². The summed E-state index contributed by atoms with van der Waals surface area (Å²) in [5.74, 6) is 0.488. The van der Waals surface area contributed by atoms with Crippen LogP contribution in [0.15, 0.2) is 10.9 Å². The highest BCUT2D eigenvalue weighted by Crippen LogP contribution is 2.35. The minimum Gasteiger partial charge on any atom is -0.334 e. The SMILES string of the molecule is CC(C)N1CCc2nc3cc(C4CCCN4C(=O)C4CCCCC4)[nH]n3c(=O)c2C1. The van der Waals surface area contributed by atoms with Crippen LogP contribution in [0.1, 0.15) is 81.8 Å². The van der Waals surface area contributed by atoms with Gasteiger partial charge in [0.25, 0.3) is 5.56 Å². The quantitative estimate of drug-likeness (QED) is 0.843.